The predicted molar refractivity (Wildman–Crippen MR) is 78.1 cm³/mol. The summed E-state index contributed by atoms with van der Waals surface area (Å²) in [6, 6.07) is 0.193. The molecule has 0 spiro atoms. The van der Waals surface area contributed by atoms with Crippen LogP contribution in [-0.4, -0.2) is 29.0 Å². The van der Waals surface area contributed by atoms with Gasteiger partial charge in [0.05, 0.1) is 16.4 Å². The quantitative estimate of drug-likeness (QED) is 0.413. The minimum Gasteiger partial charge on any atom is -0.382 e. The summed E-state index contributed by atoms with van der Waals surface area (Å²) in [5.41, 5.74) is 4.84. The summed E-state index contributed by atoms with van der Waals surface area (Å²) < 4.78 is 7.19. The molecule has 0 radical (unpaired) electrons. The largest absolute Gasteiger partial charge is 0.382 e. The van der Waals surface area contributed by atoms with E-state index in [1.54, 1.807) is 0 Å². The van der Waals surface area contributed by atoms with E-state index in [0.29, 0.717) is 0 Å². The van der Waals surface area contributed by atoms with Gasteiger partial charge < -0.3 is 4.74 Å². The first-order valence-corrected chi connectivity index (χ1v) is 7.25. The number of nitrogens with zero attached hydrogens (tertiary/aromatic N) is 2. The lowest BCUT2D eigenvalue weighted by Gasteiger charge is -2.16. The Morgan fingerprint density at radius 2 is 2.21 bits per heavy atom. The molecule has 0 amide bonds. The Hall–Kier alpha value is -0.620. The summed E-state index contributed by atoms with van der Waals surface area (Å²) in [5, 5.41) is 5.19. The number of nitrogens with two attached hydrogens (primary N) is 1. The highest BCUT2D eigenvalue weighted by atomic mass is 35.5. The fourth-order valence-corrected chi connectivity index (χ4v) is 2.47. The fourth-order valence-electron chi connectivity index (χ4n) is 2.10. The molecule has 19 heavy (non-hydrogen) atoms. The molecule has 0 saturated carbocycles. The average Bonchev–Trinajstić information content (AvgIpc) is 2.69. The lowest BCUT2D eigenvalue weighted by molar-refractivity contribution is 0.140. The number of halogens is 1. The normalized spacial score (nSPS) is 12.9. The molecule has 0 aliphatic heterocycles. The first-order valence-electron chi connectivity index (χ1n) is 6.88. The van der Waals surface area contributed by atoms with Gasteiger partial charge in [0.1, 0.15) is 0 Å². The fraction of sp³-hybridized carbons (Fsp3) is 0.769. The third-order valence-electron chi connectivity index (χ3n) is 3.22. The van der Waals surface area contributed by atoms with Crippen molar-refractivity contribution < 1.29 is 4.74 Å². The third-order valence-corrected chi connectivity index (χ3v) is 3.66. The molecule has 0 aliphatic carbocycles. The number of hydrazine groups is 1. The van der Waals surface area contributed by atoms with Crippen LogP contribution in [0.5, 0.6) is 0 Å². The van der Waals surface area contributed by atoms with Gasteiger partial charge in [0.2, 0.25) is 0 Å². The summed E-state index contributed by atoms with van der Waals surface area (Å²) in [6.07, 6.45) is 3.57. The molecule has 5 nitrogen and oxygen atoms in total. The Morgan fingerprint density at radius 1 is 1.47 bits per heavy atom. The van der Waals surface area contributed by atoms with Crippen LogP contribution in [0.25, 0.3) is 0 Å². The SMILES string of the molecule is CCOCCCC(Cc1c(Cl)c(CC)nn1C)NN. The van der Waals surface area contributed by atoms with Crippen LogP contribution in [0.3, 0.4) is 0 Å². The van der Waals surface area contributed by atoms with Crippen molar-refractivity contribution in [2.24, 2.45) is 12.9 Å². The van der Waals surface area contributed by atoms with Gasteiger partial charge in [-0.3, -0.25) is 16.0 Å². The zero-order valence-corrected chi connectivity index (χ0v) is 12.8. The molecule has 0 fully saturated rings. The summed E-state index contributed by atoms with van der Waals surface area (Å²) in [6.45, 7) is 5.58. The van der Waals surface area contributed by atoms with Crippen molar-refractivity contribution in [1.29, 1.82) is 0 Å². The van der Waals surface area contributed by atoms with Gasteiger partial charge in [-0.2, -0.15) is 5.10 Å². The van der Waals surface area contributed by atoms with E-state index < -0.39 is 0 Å². The second-order valence-corrected chi connectivity index (χ2v) is 4.97. The highest BCUT2D eigenvalue weighted by Crippen LogP contribution is 2.22. The standard InChI is InChI=1S/C13H25ClN4O/c1-4-11-13(14)12(18(3)17-11)9-10(16-15)7-6-8-19-5-2/h10,16H,4-9,15H2,1-3H3. The first kappa shape index (κ1) is 16.4. The van der Waals surface area contributed by atoms with Crippen LogP contribution in [-0.2, 0) is 24.6 Å². The maximum absolute atomic E-state index is 6.34. The number of hydrogen-bond acceptors (Lipinski definition) is 4. The highest BCUT2D eigenvalue weighted by molar-refractivity contribution is 6.31. The molecule has 1 atom stereocenters. The van der Waals surface area contributed by atoms with Crippen LogP contribution < -0.4 is 11.3 Å². The van der Waals surface area contributed by atoms with Crippen molar-refractivity contribution in [3.05, 3.63) is 16.4 Å². The Bertz CT molecular complexity index is 381. The number of aromatic nitrogens is 2. The molecule has 1 heterocycles. The van der Waals surface area contributed by atoms with E-state index in [0.717, 1.165) is 55.3 Å². The van der Waals surface area contributed by atoms with Crippen molar-refractivity contribution in [2.45, 2.75) is 45.6 Å². The Labute approximate surface area is 120 Å². The molecule has 110 valence electrons. The zero-order chi connectivity index (χ0) is 14.3. The molecular weight excluding hydrogens is 264 g/mol. The van der Waals surface area contributed by atoms with Crippen molar-refractivity contribution in [3.63, 3.8) is 0 Å². The van der Waals surface area contributed by atoms with E-state index in [2.05, 4.69) is 17.4 Å². The number of ether oxygens (including phenoxy) is 1. The van der Waals surface area contributed by atoms with Crippen LogP contribution in [0.2, 0.25) is 5.02 Å². The van der Waals surface area contributed by atoms with Crippen LogP contribution in [0.15, 0.2) is 0 Å². The van der Waals surface area contributed by atoms with Gasteiger partial charge in [0, 0.05) is 32.7 Å². The molecule has 1 aromatic rings. The maximum atomic E-state index is 6.34. The number of aryl methyl sites for hydroxylation is 2. The minimum atomic E-state index is 0.193. The minimum absolute atomic E-state index is 0.193. The van der Waals surface area contributed by atoms with Gasteiger partial charge in [-0.1, -0.05) is 18.5 Å². The molecule has 0 bridgehead atoms. The second kappa shape index (κ2) is 8.53. The molecule has 6 heteroatoms. The van der Waals surface area contributed by atoms with E-state index >= 15 is 0 Å². The molecular formula is C13H25ClN4O. The monoisotopic (exact) mass is 288 g/mol. The van der Waals surface area contributed by atoms with Crippen LogP contribution >= 0.6 is 11.6 Å². The number of hydrogen-bond donors (Lipinski definition) is 2. The van der Waals surface area contributed by atoms with Crippen molar-refractivity contribution in [3.8, 4) is 0 Å². The first-order chi connectivity index (χ1) is 9.13. The van der Waals surface area contributed by atoms with Crippen LogP contribution in [0.4, 0.5) is 0 Å². The lowest BCUT2D eigenvalue weighted by atomic mass is 10.1. The summed E-state index contributed by atoms with van der Waals surface area (Å²) in [4.78, 5) is 0. The number of nitrogens with one attached hydrogen (secondary N) is 1. The van der Waals surface area contributed by atoms with Gasteiger partial charge in [0.15, 0.2) is 0 Å². The smallest absolute Gasteiger partial charge is 0.0850 e. The van der Waals surface area contributed by atoms with Crippen molar-refractivity contribution >= 4 is 11.6 Å². The van der Waals surface area contributed by atoms with E-state index in [1.807, 2.05) is 18.7 Å². The molecule has 0 saturated heterocycles. The van der Waals surface area contributed by atoms with Crippen LogP contribution in [0.1, 0.15) is 38.1 Å². The van der Waals surface area contributed by atoms with E-state index in [9.17, 15) is 0 Å². The molecule has 1 unspecified atom stereocenters. The van der Waals surface area contributed by atoms with Crippen molar-refractivity contribution in [1.82, 2.24) is 15.2 Å². The highest BCUT2D eigenvalue weighted by Gasteiger charge is 2.17. The molecule has 3 N–H and O–H groups in total. The Kier molecular flexibility index (Phi) is 7.38. The van der Waals surface area contributed by atoms with Gasteiger partial charge in [-0.25, -0.2) is 0 Å². The van der Waals surface area contributed by atoms with Gasteiger partial charge in [-0.05, 0) is 26.2 Å². The second-order valence-electron chi connectivity index (χ2n) is 4.59. The average molecular weight is 289 g/mol. The lowest BCUT2D eigenvalue weighted by Crippen LogP contribution is -2.37. The Balaban J connectivity index is 2.57. The summed E-state index contributed by atoms with van der Waals surface area (Å²) in [7, 11) is 1.92. The van der Waals surface area contributed by atoms with Gasteiger partial charge in [-0.15, -0.1) is 0 Å². The molecule has 0 aromatic carbocycles. The maximum Gasteiger partial charge on any atom is 0.0850 e. The van der Waals surface area contributed by atoms with E-state index in [4.69, 9.17) is 22.2 Å². The van der Waals surface area contributed by atoms with E-state index in [1.165, 1.54) is 0 Å². The predicted octanol–water partition coefficient (Wildman–Crippen LogP) is 1.83. The molecule has 1 rings (SSSR count). The molecule has 0 aliphatic rings. The van der Waals surface area contributed by atoms with Crippen molar-refractivity contribution in [2.75, 3.05) is 13.2 Å². The summed E-state index contributed by atoms with van der Waals surface area (Å²) >= 11 is 6.34. The van der Waals surface area contributed by atoms with E-state index in [-0.39, 0.29) is 6.04 Å². The van der Waals surface area contributed by atoms with Crippen LogP contribution in [0, 0.1) is 0 Å². The zero-order valence-electron chi connectivity index (χ0n) is 12.1. The topological polar surface area (TPSA) is 65.1 Å². The van der Waals surface area contributed by atoms with Gasteiger partial charge in [0.25, 0.3) is 0 Å². The Morgan fingerprint density at radius 3 is 2.74 bits per heavy atom. The van der Waals surface area contributed by atoms with Gasteiger partial charge >= 0.3 is 0 Å². The molecule has 1 aromatic heterocycles. The number of rotatable bonds is 9. The third kappa shape index (κ3) is 4.76. The summed E-state index contributed by atoms with van der Waals surface area (Å²) in [5.74, 6) is 5.61.